The summed E-state index contributed by atoms with van der Waals surface area (Å²) in [5, 5.41) is 12.8. The van der Waals surface area contributed by atoms with Gasteiger partial charge in [-0.1, -0.05) is 12.1 Å². The first-order valence-electron chi connectivity index (χ1n) is 4.82. The number of likely N-dealkylation sites (N-methyl/N-ethyl adjacent to an activating group) is 1. The maximum absolute atomic E-state index is 9.59. The van der Waals surface area contributed by atoms with Gasteiger partial charge < -0.3 is 10.4 Å². The van der Waals surface area contributed by atoms with Gasteiger partial charge in [0.05, 0.1) is 4.47 Å². The fourth-order valence-electron chi connectivity index (χ4n) is 1.96. The monoisotopic (exact) mass is 255 g/mol. The summed E-state index contributed by atoms with van der Waals surface area (Å²) in [5.41, 5.74) is 1.48. The van der Waals surface area contributed by atoms with E-state index < -0.39 is 0 Å². The van der Waals surface area contributed by atoms with E-state index in [1.54, 1.807) is 6.07 Å². The summed E-state index contributed by atoms with van der Waals surface area (Å²) in [5.74, 6) is 0.338. The van der Waals surface area contributed by atoms with Gasteiger partial charge in [-0.05, 0) is 47.4 Å². The Morgan fingerprint density at radius 1 is 1.50 bits per heavy atom. The van der Waals surface area contributed by atoms with Crippen LogP contribution in [0, 0.1) is 0 Å². The van der Waals surface area contributed by atoms with E-state index >= 15 is 0 Å². The Kier molecular flexibility index (Phi) is 2.54. The van der Waals surface area contributed by atoms with Crippen LogP contribution in [0.5, 0.6) is 5.75 Å². The first kappa shape index (κ1) is 9.99. The molecule has 1 aromatic carbocycles. The van der Waals surface area contributed by atoms with Gasteiger partial charge in [0.25, 0.3) is 0 Å². The first-order chi connectivity index (χ1) is 6.69. The Hall–Kier alpha value is -0.540. The Morgan fingerprint density at radius 3 is 2.79 bits per heavy atom. The van der Waals surface area contributed by atoms with Crippen molar-refractivity contribution in [2.24, 2.45) is 0 Å². The molecule has 0 heterocycles. The molecule has 14 heavy (non-hydrogen) atoms. The van der Waals surface area contributed by atoms with E-state index in [4.69, 9.17) is 0 Å². The number of rotatable bonds is 3. The highest BCUT2D eigenvalue weighted by Crippen LogP contribution is 2.51. The van der Waals surface area contributed by atoms with Gasteiger partial charge >= 0.3 is 0 Å². The van der Waals surface area contributed by atoms with Crippen molar-refractivity contribution < 1.29 is 5.11 Å². The quantitative estimate of drug-likeness (QED) is 0.870. The summed E-state index contributed by atoms with van der Waals surface area (Å²) in [4.78, 5) is 0. The third kappa shape index (κ3) is 1.55. The molecule has 2 rings (SSSR count). The third-order valence-corrected chi connectivity index (χ3v) is 3.75. The van der Waals surface area contributed by atoms with Crippen LogP contribution < -0.4 is 5.32 Å². The molecule has 0 radical (unpaired) electrons. The second kappa shape index (κ2) is 3.55. The molecule has 0 unspecified atom stereocenters. The minimum atomic E-state index is 0.256. The molecule has 0 atom stereocenters. The molecule has 1 aliphatic rings. The van der Waals surface area contributed by atoms with Gasteiger partial charge in [-0.2, -0.15) is 0 Å². The summed E-state index contributed by atoms with van der Waals surface area (Å²) in [6, 6.07) is 5.71. The van der Waals surface area contributed by atoms with Crippen LogP contribution in [0.3, 0.4) is 0 Å². The standard InChI is InChI=1S/C11H14BrNO/c1-13-7-11(5-6-11)8-3-2-4-9(14)10(8)12/h2-4,13-14H,5-7H2,1H3. The lowest BCUT2D eigenvalue weighted by Gasteiger charge is -2.17. The fourth-order valence-corrected chi connectivity index (χ4v) is 2.64. The molecule has 0 aliphatic heterocycles. The SMILES string of the molecule is CNCC1(c2cccc(O)c2Br)CC1. The van der Waals surface area contributed by atoms with E-state index in [-0.39, 0.29) is 5.41 Å². The Morgan fingerprint density at radius 2 is 2.21 bits per heavy atom. The minimum Gasteiger partial charge on any atom is -0.507 e. The molecule has 0 amide bonds. The molecular formula is C11H14BrNO. The molecule has 1 aliphatic carbocycles. The average molecular weight is 256 g/mol. The summed E-state index contributed by atoms with van der Waals surface area (Å²) in [6.07, 6.45) is 2.41. The van der Waals surface area contributed by atoms with E-state index in [0.717, 1.165) is 11.0 Å². The number of phenols is 1. The number of nitrogens with one attached hydrogen (secondary N) is 1. The molecule has 1 saturated carbocycles. The molecular weight excluding hydrogens is 242 g/mol. The van der Waals surface area contributed by atoms with E-state index in [9.17, 15) is 5.11 Å². The van der Waals surface area contributed by atoms with Gasteiger partial charge in [0.15, 0.2) is 0 Å². The van der Waals surface area contributed by atoms with Crippen molar-refractivity contribution >= 4 is 15.9 Å². The number of aromatic hydroxyl groups is 1. The van der Waals surface area contributed by atoms with Gasteiger partial charge in [0.1, 0.15) is 5.75 Å². The number of hydrogen-bond acceptors (Lipinski definition) is 2. The molecule has 76 valence electrons. The number of phenolic OH excluding ortho intramolecular Hbond substituents is 1. The molecule has 1 aromatic rings. The summed E-state index contributed by atoms with van der Waals surface area (Å²) in [7, 11) is 1.97. The Bertz CT molecular complexity index is 347. The van der Waals surface area contributed by atoms with Gasteiger partial charge in [0.2, 0.25) is 0 Å². The second-order valence-electron chi connectivity index (χ2n) is 3.95. The van der Waals surface area contributed by atoms with E-state index in [1.807, 2.05) is 13.1 Å². The number of benzene rings is 1. The van der Waals surface area contributed by atoms with Crippen LogP contribution in [0.15, 0.2) is 22.7 Å². The van der Waals surface area contributed by atoms with E-state index in [1.165, 1.54) is 18.4 Å². The van der Waals surface area contributed by atoms with Gasteiger partial charge in [0, 0.05) is 12.0 Å². The maximum atomic E-state index is 9.59. The molecule has 3 heteroatoms. The number of hydrogen-bond donors (Lipinski definition) is 2. The normalized spacial score (nSPS) is 18.1. The van der Waals surface area contributed by atoms with Gasteiger partial charge in [-0.3, -0.25) is 0 Å². The summed E-state index contributed by atoms with van der Waals surface area (Å²) in [6.45, 7) is 0.981. The largest absolute Gasteiger partial charge is 0.507 e. The Balaban J connectivity index is 2.37. The lowest BCUT2D eigenvalue weighted by Crippen LogP contribution is -2.23. The van der Waals surface area contributed by atoms with Gasteiger partial charge in [-0.15, -0.1) is 0 Å². The fraction of sp³-hybridized carbons (Fsp3) is 0.455. The first-order valence-corrected chi connectivity index (χ1v) is 5.61. The van der Waals surface area contributed by atoms with Crippen molar-refractivity contribution in [1.82, 2.24) is 5.32 Å². The van der Waals surface area contributed by atoms with Crippen molar-refractivity contribution in [1.29, 1.82) is 0 Å². The lowest BCUT2D eigenvalue weighted by atomic mass is 9.96. The summed E-state index contributed by atoms with van der Waals surface area (Å²) >= 11 is 3.45. The van der Waals surface area contributed by atoms with Crippen LogP contribution in [0.4, 0.5) is 0 Å². The highest BCUT2D eigenvalue weighted by atomic mass is 79.9. The molecule has 0 saturated heterocycles. The minimum absolute atomic E-state index is 0.256. The smallest absolute Gasteiger partial charge is 0.130 e. The topological polar surface area (TPSA) is 32.3 Å². The summed E-state index contributed by atoms with van der Waals surface area (Å²) < 4.78 is 0.854. The highest BCUT2D eigenvalue weighted by Gasteiger charge is 2.44. The molecule has 1 fully saturated rings. The van der Waals surface area contributed by atoms with Crippen LogP contribution in [0.25, 0.3) is 0 Å². The zero-order chi connectivity index (χ0) is 10.2. The van der Waals surface area contributed by atoms with Crippen LogP contribution in [-0.4, -0.2) is 18.7 Å². The Labute approximate surface area is 92.5 Å². The van der Waals surface area contributed by atoms with E-state index in [0.29, 0.717) is 5.75 Å². The number of halogens is 1. The molecule has 2 N–H and O–H groups in total. The molecule has 0 spiro atoms. The highest BCUT2D eigenvalue weighted by molar-refractivity contribution is 9.10. The van der Waals surface area contributed by atoms with Crippen LogP contribution in [0.2, 0.25) is 0 Å². The molecule has 2 nitrogen and oxygen atoms in total. The van der Waals surface area contributed by atoms with E-state index in [2.05, 4.69) is 27.3 Å². The maximum Gasteiger partial charge on any atom is 0.130 e. The van der Waals surface area contributed by atoms with Crippen LogP contribution >= 0.6 is 15.9 Å². The zero-order valence-electron chi connectivity index (χ0n) is 8.18. The third-order valence-electron chi connectivity index (χ3n) is 2.92. The van der Waals surface area contributed by atoms with Crippen molar-refractivity contribution in [2.75, 3.05) is 13.6 Å². The van der Waals surface area contributed by atoms with Crippen molar-refractivity contribution in [3.8, 4) is 5.75 Å². The predicted octanol–water partition coefficient (Wildman–Crippen LogP) is 2.41. The van der Waals surface area contributed by atoms with Crippen LogP contribution in [0.1, 0.15) is 18.4 Å². The average Bonchev–Trinajstić information content (AvgIpc) is 2.91. The predicted molar refractivity (Wildman–Crippen MR) is 60.6 cm³/mol. The van der Waals surface area contributed by atoms with Crippen molar-refractivity contribution in [2.45, 2.75) is 18.3 Å². The van der Waals surface area contributed by atoms with Crippen molar-refractivity contribution in [3.05, 3.63) is 28.2 Å². The zero-order valence-corrected chi connectivity index (χ0v) is 9.76. The van der Waals surface area contributed by atoms with Crippen LogP contribution in [-0.2, 0) is 5.41 Å². The molecule has 0 bridgehead atoms. The molecule has 0 aromatic heterocycles. The van der Waals surface area contributed by atoms with Gasteiger partial charge in [-0.25, -0.2) is 0 Å². The second-order valence-corrected chi connectivity index (χ2v) is 4.74. The van der Waals surface area contributed by atoms with Crippen molar-refractivity contribution in [3.63, 3.8) is 0 Å². The lowest BCUT2D eigenvalue weighted by molar-refractivity contribution is 0.469.